The molecular weight excluding hydrogens is 254 g/mol. The lowest BCUT2D eigenvalue weighted by molar-refractivity contribution is 0.0853. The van der Waals surface area contributed by atoms with E-state index in [0.717, 1.165) is 24.6 Å². The van der Waals surface area contributed by atoms with E-state index in [1.165, 1.54) is 19.3 Å². The molecule has 0 spiro atoms. The molecule has 0 unspecified atom stereocenters. The van der Waals surface area contributed by atoms with E-state index in [9.17, 15) is 0 Å². The number of rotatable bonds is 9. The van der Waals surface area contributed by atoms with Crippen molar-refractivity contribution in [1.82, 2.24) is 4.90 Å². The second-order valence-corrected chi connectivity index (χ2v) is 5.07. The van der Waals surface area contributed by atoms with Gasteiger partial charge < -0.3 is 14.6 Å². The first kappa shape index (κ1) is 15.1. The maximum atomic E-state index is 9.13. The van der Waals surface area contributed by atoms with Gasteiger partial charge >= 0.3 is 0 Å². The van der Waals surface area contributed by atoms with E-state index in [2.05, 4.69) is 4.90 Å². The Balaban J connectivity index is 1.81. The summed E-state index contributed by atoms with van der Waals surface area (Å²) in [7, 11) is 0. The summed E-state index contributed by atoms with van der Waals surface area (Å²) in [4.78, 5) is 2.33. The van der Waals surface area contributed by atoms with Crippen molar-refractivity contribution >= 4 is 0 Å². The van der Waals surface area contributed by atoms with Crippen LogP contribution in [0.2, 0.25) is 0 Å². The molecule has 0 amide bonds. The summed E-state index contributed by atoms with van der Waals surface area (Å²) in [5.74, 6) is 1.60. The monoisotopic (exact) mass is 279 g/mol. The molecular formula is C16H25NO3. The highest BCUT2D eigenvalue weighted by Gasteiger charge is 2.24. The number of hydrogen-bond donors (Lipinski definition) is 1. The summed E-state index contributed by atoms with van der Waals surface area (Å²) in [5, 5.41) is 9.13. The van der Waals surface area contributed by atoms with Crippen molar-refractivity contribution < 1.29 is 14.6 Å². The second kappa shape index (κ2) is 8.12. The Hall–Kier alpha value is -1.26. The Morgan fingerprint density at radius 1 is 1.15 bits per heavy atom. The molecule has 1 aromatic rings. The van der Waals surface area contributed by atoms with Gasteiger partial charge in [0.15, 0.2) is 11.5 Å². The van der Waals surface area contributed by atoms with E-state index in [-0.39, 0.29) is 6.61 Å². The van der Waals surface area contributed by atoms with E-state index < -0.39 is 0 Å². The summed E-state index contributed by atoms with van der Waals surface area (Å²) in [6.45, 7) is 5.04. The van der Waals surface area contributed by atoms with Crippen LogP contribution in [0.25, 0.3) is 0 Å². The van der Waals surface area contributed by atoms with Gasteiger partial charge in [0.1, 0.15) is 6.61 Å². The van der Waals surface area contributed by atoms with Gasteiger partial charge in [-0.15, -0.1) is 0 Å². The third-order valence-electron chi connectivity index (χ3n) is 3.76. The van der Waals surface area contributed by atoms with Crippen molar-refractivity contribution in [3.05, 3.63) is 24.3 Å². The average molecular weight is 279 g/mol. The first-order chi connectivity index (χ1) is 9.85. The Bertz CT molecular complexity index is 393. The van der Waals surface area contributed by atoms with Gasteiger partial charge in [-0.3, -0.25) is 4.90 Å². The lowest BCUT2D eigenvalue weighted by atomic mass is 9.91. The average Bonchev–Trinajstić information content (AvgIpc) is 2.39. The molecule has 0 heterocycles. The number of para-hydroxylation sites is 2. The molecule has 1 saturated carbocycles. The van der Waals surface area contributed by atoms with Crippen LogP contribution in [0.3, 0.4) is 0 Å². The Labute approximate surface area is 121 Å². The molecule has 2 rings (SSSR count). The Morgan fingerprint density at radius 2 is 1.85 bits per heavy atom. The Kier molecular flexibility index (Phi) is 6.15. The highest BCUT2D eigenvalue weighted by molar-refractivity contribution is 5.39. The topological polar surface area (TPSA) is 41.9 Å². The minimum atomic E-state index is 0.214. The zero-order chi connectivity index (χ0) is 14.2. The van der Waals surface area contributed by atoms with Gasteiger partial charge in [0.05, 0.1) is 13.2 Å². The number of aliphatic hydroxyl groups is 1. The molecule has 0 aliphatic heterocycles. The lowest BCUT2D eigenvalue weighted by Gasteiger charge is -2.37. The van der Waals surface area contributed by atoms with Crippen LogP contribution in [0.5, 0.6) is 11.5 Å². The van der Waals surface area contributed by atoms with Crippen molar-refractivity contribution in [2.75, 3.05) is 32.9 Å². The van der Waals surface area contributed by atoms with Crippen LogP contribution in [0, 0.1) is 0 Å². The summed E-state index contributed by atoms with van der Waals surface area (Å²) in [6, 6.07) is 8.40. The van der Waals surface area contributed by atoms with E-state index in [4.69, 9.17) is 14.6 Å². The van der Waals surface area contributed by atoms with Crippen LogP contribution < -0.4 is 9.47 Å². The zero-order valence-electron chi connectivity index (χ0n) is 12.3. The smallest absolute Gasteiger partial charge is 0.161 e. The predicted octanol–water partition coefficient (Wildman–Crippen LogP) is 2.31. The largest absolute Gasteiger partial charge is 0.490 e. The maximum absolute atomic E-state index is 9.13. The van der Waals surface area contributed by atoms with Gasteiger partial charge in [0.2, 0.25) is 0 Å². The van der Waals surface area contributed by atoms with E-state index >= 15 is 0 Å². The van der Waals surface area contributed by atoms with Crippen LogP contribution >= 0.6 is 0 Å². The number of benzene rings is 1. The number of nitrogens with zero attached hydrogens (tertiary/aromatic N) is 1. The normalized spacial score (nSPS) is 15.2. The molecule has 0 atom stereocenters. The van der Waals surface area contributed by atoms with Crippen molar-refractivity contribution in [3.63, 3.8) is 0 Å². The molecule has 1 aromatic carbocycles. The highest BCUT2D eigenvalue weighted by atomic mass is 16.5. The summed E-state index contributed by atoms with van der Waals surface area (Å²) < 4.78 is 11.4. The molecule has 1 fully saturated rings. The van der Waals surface area contributed by atoms with Crippen molar-refractivity contribution in [2.24, 2.45) is 0 Å². The molecule has 0 aromatic heterocycles. The van der Waals surface area contributed by atoms with Gasteiger partial charge in [-0.25, -0.2) is 0 Å². The Morgan fingerprint density at radius 3 is 2.40 bits per heavy atom. The highest BCUT2D eigenvalue weighted by Crippen LogP contribution is 2.27. The molecule has 1 N–H and O–H groups in total. The number of ether oxygens (including phenoxy) is 2. The number of hydrogen-bond acceptors (Lipinski definition) is 4. The van der Waals surface area contributed by atoms with Crippen LogP contribution in [0.15, 0.2) is 24.3 Å². The minimum Gasteiger partial charge on any atom is -0.490 e. The standard InChI is InChI=1S/C16H25NO3/c1-2-19-15-8-3-4-9-16(15)20-13-11-17(10-12-18)14-6-5-7-14/h3-4,8-9,14,18H,2,5-7,10-13H2,1H3. The van der Waals surface area contributed by atoms with E-state index in [0.29, 0.717) is 19.3 Å². The van der Waals surface area contributed by atoms with Gasteiger partial charge in [-0.1, -0.05) is 18.6 Å². The van der Waals surface area contributed by atoms with Crippen LogP contribution in [-0.4, -0.2) is 49.0 Å². The molecule has 1 aliphatic rings. The third kappa shape index (κ3) is 4.12. The molecule has 0 saturated heterocycles. The predicted molar refractivity (Wildman–Crippen MR) is 79.4 cm³/mol. The lowest BCUT2D eigenvalue weighted by Crippen LogP contribution is -2.43. The fraction of sp³-hybridized carbons (Fsp3) is 0.625. The van der Waals surface area contributed by atoms with Gasteiger partial charge in [-0.2, -0.15) is 0 Å². The zero-order valence-corrected chi connectivity index (χ0v) is 12.3. The quantitative estimate of drug-likeness (QED) is 0.753. The molecule has 0 bridgehead atoms. The van der Waals surface area contributed by atoms with Gasteiger partial charge in [0.25, 0.3) is 0 Å². The molecule has 4 heteroatoms. The molecule has 4 nitrogen and oxygen atoms in total. The molecule has 112 valence electrons. The van der Waals surface area contributed by atoms with E-state index in [1.807, 2.05) is 31.2 Å². The van der Waals surface area contributed by atoms with Crippen molar-refractivity contribution in [3.8, 4) is 11.5 Å². The second-order valence-electron chi connectivity index (χ2n) is 5.07. The van der Waals surface area contributed by atoms with Crippen molar-refractivity contribution in [1.29, 1.82) is 0 Å². The summed E-state index contributed by atoms with van der Waals surface area (Å²) in [5.41, 5.74) is 0. The summed E-state index contributed by atoms with van der Waals surface area (Å²) in [6.07, 6.45) is 3.80. The van der Waals surface area contributed by atoms with Gasteiger partial charge in [0, 0.05) is 19.1 Å². The van der Waals surface area contributed by atoms with Crippen LogP contribution in [0.4, 0.5) is 0 Å². The maximum Gasteiger partial charge on any atom is 0.161 e. The molecule has 0 radical (unpaired) electrons. The SMILES string of the molecule is CCOc1ccccc1OCCN(CCO)C1CCC1. The first-order valence-electron chi connectivity index (χ1n) is 7.54. The van der Waals surface area contributed by atoms with Crippen LogP contribution in [-0.2, 0) is 0 Å². The number of aliphatic hydroxyl groups excluding tert-OH is 1. The fourth-order valence-electron chi connectivity index (χ4n) is 2.47. The summed E-state index contributed by atoms with van der Waals surface area (Å²) >= 11 is 0. The fourth-order valence-corrected chi connectivity index (χ4v) is 2.47. The van der Waals surface area contributed by atoms with Crippen molar-refractivity contribution in [2.45, 2.75) is 32.2 Å². The van der Waals surface area contributed by atoms with Gasteiger partial charge in [-0.05, 0) is 31.9 Å². The van der Waals surface area contributed by atoms with E-state index in [1.54, 1.807) is 0 Å². The molecule has 20 heavy (non-hydrogen) atoms. The van der Waals surface area contributed by atoms with Crippen LogP contribution in [0.1, 0.15) is 26.2 Å². The third-order valence-corrected chi connectivity index (χ3v) is 3.76. The molecule has 1 aliphatic carbocycles. The minimum absolute atomic E-state index is 0.214. The first-order valence-corrected chi connectivity index (χ1v) is 7.54.